The molecule has 0 amide bonds. The average molecular weight is 307 g/mol. The second-order valence-corrected chi connectivity index (χ2v) is 5.15. The second-order valence-electron chi connectivity index (χ2n) is 4.22. The first-order valence-corrected chi connectivity index (χ1v) is 7.22. The molecule has 0 unspecified atom stereocenters. The molecule has 0 spiro atoms. The van der Waals surface area contributed by atoms with E-state index in [9.17, 15) is 8.78 Å². The van der Waals surface area contributed by atoms with Gasteiger partial charge in [-0.1, -0.05) is 42.1 Å². The maximum Gasteiger partial charge on any atom is 0.387 e. The second kappa shape index (κ2) is 6.13. The molecule has 2 aromatic carbocycles. The molecule has 0 saturated heterocycles. The number of fused-ring (bicyclic) bond motifs is 1. The molecule has 3 rings (SSSR count). The maximum absolute atomic E-state index is 12.3. The summed E-state index contributed by atoms with van der Waals surface area (Å²) < 4.78 is 34.8. The van der Waals surface area contributed by atoms with Gasteiger partial charge in [-0.05, 0) is 18.2 Å². The molecule has 0 N–H and O–H groups in total. The molecule has 1 aromatic heterocycles. The zero-order valence-corrected chi connectivity index (χ0v) is 11.6. The number of rotatable bonds is 5. The van der Waals surface area contributed by atoms with Crippen molar-refractivity contribution in [3.05, 3.63) is 54.1 Å². The molecule has 0 radical (unpaired) electrons. The Hall–Kier alpha value is -2.08. The van der Waals surface area contributed by atoms with Crippen molar-refractivity contribution in [1.82, 2.24) is 4.98 Å². The Morgan fingerprint density at radius 1 is 1.10 bits per heavy atom. The third-order valence-electron chi connectivity index (χ3n) is 2.81. The van der Waals surface area contributed by atoms with Crippen LogP contribution in [0.15, 0.2) is 58.2 Å². The lowest BCUT2D eigenvalue weighted by atomic mass is 10.2. The Labute approximate surface area is 123 Å². The maximum atomic E-state index is 12.3. The first-order valence-electron chi connectivity index (χ1n) is 6.23. The van der Waals surface area contributed by atoms with Gasteiger partial charge in [-0.15, -0.1) is 0 Å². The lowest BCUT2D eigenvalue weighted by Crippen LogP contribution is -2.03. The van der Waals surface area contributed by atoms with Gasteiger partial charge in [0.15, 0.2) is 5.58 Å². The number of alkyl halides is 2. The number of nitrogens with zero attached hydrogens (tertiary/aromatic N) is 1. The Kier molecular flexibility index (Phi) is 4.06. The van der Waals surface area contributed by atoms with Crippen LogP contribution in [0.4, 0.5) is 8.78 Å². The van der Waals surface area contributed by atoms with E-state index in [1.54, 1.807) is 18.2 Å². The van der Waals surface area contributed by atoms with Gasteiger partial charge in [-0.2, -0.15) is 8.78 Å². The van der Waals surface area contributed by atoms with Crippen molar-refractivity contribution in [3.8, 4) is 5.75 Å². The van der Waals surface area contributed by atoms with E-state index >= 15 is 0 Å². The quantitative estimate of drug-likeness (QED) is 0.639. The first kappa shape index (κ1) is 13.9. The highest BCUT2D eigenvalue weighted by atomic mass is 32.2. The van der Waals surface area contributed by atoms with Crippen LogP contribution < -0.4 is 4.74 Å². The molecule has 3 nitrogen and oxygen atoms in total. The highest BCUT2D eigenvalue weighted by molar-refractivity contribution is 7.98. The summed E-state index contributed by atoms with van der Waals surface area (Å²) in [6.07, 6.45) is 0. The molecule has 0 bridgehead atoms. The van der Waals surface area contributed by atoms with Gasteiger partial charge < -0.3 is 9.15 Å². The summed E-state index contributed by atoms with van der Waals surface area (Å²) in [6.45, 7) is -2.83. The molecule has 0 aliphatic heterocycles. The molecule has 0 aliphatic carbocycles. The van der Waals surface area contributed by atoms with Gasteiger partial charge in [-0.25, -0.2) is 4.98 Å². The Bertz CT molecular complexity index is 712. The van der Waals surface area contributed by atoms with E-state index in [1.165, 1.54) is 17.8 Å². The van der Waals surface area contributed by atoms with E-state index in [1.807, 2.05) is 24.3 Å². The van der Waals surface area contributed by atoms with Crippen LogP contribution in [0.1, 0.15) is 5.56 Å². The van der Waals surface area contributed by atoms with Gasteiger partial charge >= 0.3 is 6.61 Å². The van der Waals surface area contributed by atoms with Crippen molar-refractivity contribution in [1.29, 1.82) is 0 Å². The zero-order valence-electron chi connectivity index (χ0n) is 10.8. The molecule has 108 valence electrons. The van der Waals surface area contributed by atoms with Gasteiger partial charge in [0.1, 0.15) is 11.3 Å². The number of halogens is 2. The molecule has 21 heavy (non-hydrogen) atoms. The van der Waals surface area contributed by atoms with E-state index in [0.717, 1.165) is 5.52 Å². The van der Waals surface area contributed by atoms with Crippen LogP contribution >= 0.6 is 11.8 Å². The van der Waals surface area contributed by atoms with Crippen molar-refractivity contribution in [3.63, 3.8) is 0 Å². The van der Waals surface area contributed by atoms with Crippen molar-refractivity contribution in [2.75, 3.05) is 0 Å². The monoisotopic (exact) mass is 307 g/mol. The molecule has 1 heterocycles. The molecular weight excluding hydrogens is 296 g/mol. The Balaban J connectivity index is 1.75. The number of ether oxygens (including phenoxy) is 1. The van der Waals surface area contributed by atoms with Gasteiger partial charge in [0.25, 0.3) is 5.22 Å². The van der Waals surface area contributed by atoms with Crippen LogP contribution in [-0.4, -0.2) is 11.6 Å². The van der Waals surface area contributed by atoms with Crippen molar-refractivity contribution in [2.45, 2.75) is 17.6 Å². The average Bonchev–Trinajstić information content (AvgIpc) is 2.88. The number of para-hydroxylation sites is 3. The van der Waals surface area contributed by atoms with Crippen LogP contribution in [0.25, 0.3) is 11.1 Å². The highest BCUT2D eigenvalue weighted by Gasteiger charge is 2.11. The van der Waals surface area contributed by atoms with Gasteiger partial charge in [0.2, 0.25) is 0 Å². The van der Waals surface area contributed by atoms with Crippen LogP contribution in [0.5, 0.6) is 5.75 Å². The molecule has 6 heteroatoms. The minimum Gasteiger partial charge on any atom is -0.435 e. The zero-order chi connectivity index (χ0) is 14.7. The van der Waals surface area contributed by atoms with Gasteiger partial charge in [-0.3, -0.25) is 0 Å². The first-order chi connectivity index (χ1) is 10.2. The summed E-state index contributed by atoms with van der Waals surface area (Å²) in [5.41, 5.74) is 2.15. The lowest BCUT2D eigenvalue weighted by molar-refractivity contribution is -0.0503. The van der Waals surface area contributed by atoms with E-state index < -0.39 is 6.61 Å². The minimum absolute atomic E-state index is 0.177. The van der Waals surface area contributed by atoms with Crippen LogP contribution in [0.2, 0.25) is 0 Å². The van der Waals surface area contributed by atoms with E-state index in [0.29, 0.717) is 22.1 Å². The molecule has 0 atom stereocenters. The summed E-state index contributed by atoms with van der Waals surface area (Å²) in [6, 6.07) is 14.1. The molecule has 3 aromatic rings. The van der Waals surface area contributed by atoms with E-state index in [4.69, 9.17) is 4.42 Å². The number of thioether (sulfide) groups is 1. The topological polar surface area (TPSA) is 35.3 Å². The lowest BCUT2D eigenvalue weighted by Gasteiger charge is -2.09. The summed E-state index contributed by atoms with van der Waals surface area (Å²) in [5, 5.41) is 0.503. The fourth-order valence-electron chi connectivity index (χ4n) is 1.89. The highest BCUT2D eigenvalue weighted by Crippen LogP contribution is 2.30. The SMILES string of the molecule is FC(F)Oc1ccccc1CSc1nc2ccccc2o1. The number of oxazole rings is 1. The van der Waals surface area contributed by atoms with E-state index in [-0.39, 0.29) is 5.75 Å². The minimum atomic E-state index is -2.83. The third-order valence-corrected chi connectivity index (χ3v) is 3.69. The predicted molar refractivity (Wildman–Crippen MR) is 76.6 cm³/mol. The molecule has 0 saturated carbocycles. The largest absolute Gasteiger partial charge is 0.435 e. The summed E-state index contributed by atoms with van der Waals surface area (Å²) in [4.78, 5) is 4.33. The van der Waals surface area contributed by atoms with Gasteiger partial charge in [0, 0.05) is 11.3 Å². The Morgan fingerprint density at radius 3 is 2.67 bits per heavy atom. The third kappa shape index (κ3) is 3.33. The standard InChI is InChI=1S/C15H11F2NO2S/c16-14(17)19-12-7-3-1-5-10(12)9-21-15-18-11-6-2-4-8-13(11)20-15/h1-8,14H,9H2. The predicted octanol–water partition coefficient (Wildman–Crippen LogP) is 4.72. The van der Waals surface area contributed by atoms with Crippen LogP contribution in [0, 0.1) is 0 Å². The Morgan fingerprint density at radius 2 is 1.86 bits per heavy atom. The smallest absolute Gasteiger partial charge is 0.387 e. The van der Waals surface area contributed by atoms with Gasteiger partial charge in [0.05, 0.1) is 0 Å². The fourth-order valence-corrected chi connectivity index (χ4v) is 2.72. The summed E-state index contributed by atoms with van der Waals surface area (Å²) in [5.74, 6) is 0.617. The number of benzene rings is 2. The number of hydrogen-bond donors (Lipinski definition) is 0. The van der Waals surface area contributed by atoms with Crippen LogP contribution in [0.3, 0.4) is 0 Å². The molecular formula is C15H11F2NO2S. The van der Waals surface area contributed by atoms with Crippen molar-refractivity contribution < 1.29 is 17.9 Å². The summed E-state index contributed by atoms with van der Waals surface area (Å²) >= 11 is 1.34. The normalized spacial score (nSPS) is 11.2. The molecule has 0 aliphatic rings. The van der Waals surface area contributed by atoms with Crippen LogP contribution in [-0.2, 0) is 5.75 Å². The van der Waals surface area contributed by atoms with E-state index in [2.05, 4.69) is 9.72 Å². The van der Waals surface area contributed by atoms with Crippen molar-refractivity contribution in [2.24, 2.45) is 0 Å². The fraction of sp³-hybridized carbons (Fsp3) is 0.133. The summed E-state index contributed by atoms with van der Waals surface area (Å²) in [7, 11) is 0. The van der Waals surface area contributed by atoms with Crippen molar-refractivity contribution >= 4 is 22.9 Å². The number of hydrogen-bond acceptors (Lipinski definition) is 4. The number of aromatic nitrogens is 1. The molecule has 0 fully saturated rings.